The highest BCUT2D eigenvalue weighted by Gasteiger charge is 2.37. The second-order valence-corrected chi connectivity index (χ2v) is 9.05. The molecule has 7 heteroatoms. The van der Waals surface area contributed by atoms with Gasteiger partial charge >= 0.3 is 0 Å². The van der Waals surface area contributed by atoms with Gasteiger partial charge in [-0.2, -0.15) is 4.98 Å². The first kappa shape index (κ1) is 20.8. The Morgan fingerprint density at radius 3 is 2.72 bits per heavy atom. The van der Waals surface area contributed by atoms with Gasteiger partial charge in [-0.15, -0.1) is 0 Å². The number of β-amino-alcohol motifs (C(OH)–C–C–N with tert-alkyl or cyclic N) is 1. The van der Waals surface area contributed by atoms with Crippen molar-refractivity contribution in [1.29, 1.82) is 0 Å². The van der Waals surface area contributed by atoms with E-state index in [0.717, 1.165) is 30.8 Å². The highest BCUT2D eigenvalue weighted by molar-refractivity contribution is 5.98. The summed E-state index contributed by atoms with van der Waals surface area (Å²) in [5, 5.41) is 15.2. The summed E-state index contributed by atoms with van der Waals surface area (Å²) in [5.74, 6) is 0.459. The van der Waals surface area contributed by atoms with Crippen LogP contribution >= 0.6 is 0 Å². The number of carbonyl (C=O) groups excluding carboxylic acids is 1. The van der Waals surface area contributed by atoms with Crippen LogP contribution in [-0.2, 0) is 18.7 Å². The summed E-state index contributed by atoms with van der Waals surface area (Å²) in [7, 11) is 0. The molecule has 1 fully saturated rings. The number of rotatable bonds is 6. The molecular weight excluding hydrogens is 404 g/mol. The summed E-state index contributed by atoms with van der Waals surface area (Å²) in [6.07, 6.45) is 3.83. The third-order valence-corrected chi connectivity index (χ3v) is 6.32. The molecule has 1 amide bonds. The number of aliphatic hydroxyl groups is 1. The molecule has 7 nitrogen and oxygen atoms in total. The number of amides is 1. The summed E-state index contributed by atoms with van der Waals surface area (Å²) >= 11 is 0. The molecule has 32 heavy (non-hydrogen) atoms. The van der Waals surface area contributed by atoms with E-state index in [1.165, 1.54) is 24.8 Å². The third kappa shape index (κ3) is 4.18. The van der Waals surface area contributed by atoms with Gasteiger partial charge in [0.05, 0.1) is 6.54 Å². The van der Waals surface area contributed by atoms with Crippen LogP contribution in [0.2, 0.25) is 0 Å². The van der Waals surface area contributed by atoms with Crippen molar-refractivity contribution in [2.75, 3.05) is 19.6 Å². The van der Waals surface area contributed by atoms with Crippen LogP contribution in [0.15, 0.2) is 53.1 Å². The van der Waals surface area contributed by atoms with Crippen LogP contribution < -0.4 is 0 Å². The summed E-state index contributed by atoms with van der Waals surface area (Å²) in [4.78, 5) is 21.2. The minimum atomic E-state index is -1.45. The molecule has 0 spiro atoms. The third-order valence-electron chi connectivity index (χ3n) is 6.32. The fourth-order valence-corrected chi connectivity index (χ4v) is 4.63. The predicted octanol–water partition coefficient (Wildman–Crippen LogP) is 3.59. The number of hydrogen-bond acceptors (Lipinski definition) is 6. The van der Waals surface area contributed by atoms with Gasteiger partial charge in [0.2, 0.25) is 5.82 Å². The number of hydrogen-bond donors (Lipinski definition) is 1. The highest BCUT2D eigenvalue weighted by Crippen LogP contribution is 2.29. The van der Waals surface area contributed by atoms with E-state index in [2.05, 4.69) is 27.2 Å². The quantitative estimate of drug-likeness (QED) is 0.641. The van der Waals surface area contributed by atoms with Gasteiger partial charge in [-0.05, 0) is 56.1 Å². The molecule has 0 aliphatic carbocycles. The van der Waals surface area contributed by atoms with Crippen molar-refractivity contribution in [2.45, 2.75) is 44.9 Å². The second-order valence-electron chi connectivity index (χ2n) is 9.05. The van der Waals surface area contributed by atoms with Crippen LogP contribution in [0.1, 0.15) is 53.6 Å². The van der Waals surface area contributed by atoms with Crippen LogP contribution in [-0.4, -0.2) is 50.6 Å². The molecule has 1 unspecified atom stereocenters. The maximum Gasteiger partial charge on any atom is 0.260 e. The lowest BCUT2D eigenvalue weighted by Gasteiger charge is -2.26. The maximum atomic E-state index is 12.7. The van der Waals surface area contributed by atoms with Crippen LogP contribution in [0, 0.1) is 0 Å². The van der Waals surface area contributed by atoms with Crippen molar-refractivity contribution >= 4 is 5.91 Å². The molecule has 3 aromatic rings. The van der Waals surface area contributed by atoms with Crippen molar-refractivity contribution in [3.8, 4) is 11.4 Å². The van der Waals surface area contributed by atoms with Gasteiger partial charge in [0, 0.05) is 24.2 Å². The topological polar surface area (TPSA) is 82.7 Å². The molecule has 3 heterocycles. The van der Waals surface area contributed by atoms with Crippen LogP contribution in [0.5, 0.6) is 0 Å². The van der Waals surface area contributed by atoms with Crippen LogP contribution in [0.3, 0.4) is 0 Å². The van der Waals surface area contributed by atoms with Crippen molar-refractivity contribution in [3.63, 3.8) is 0 Å². The number of nitrogens with zero attached hydrogens (tertiary/aromatic N) is 4. The minimum absolute atomic E-state index is 0.0805. The number of carbonyl (C=O) groups is 1. The fraction of sp³-hybridized carbons (Fsp3) is 0.400. The first-order valence-electron chi connectivity index (χ1n) is 11.2. The Morgan fingerprint density at radius 2 is 1.91 bits per heavy atom. The van der Waals surface area contributed by atoms with E-state index in [-0.39, 0.29) is 18.3 Å². The molecule has 1 saturated heterocycles. The molecule has 0 radical (unpaired) electrons. The summed E-state index contributed by atoms with van der Waals surface area (Å²) in [6.45, 7) is 5.33. The van der Waals surface area contributed by atoms with Gasteiger partial charge in [0.1, 0.15) is 0 Å². The zero-order valence-corrected chi connectivity index (χ0v) is 18.3. The lowest BCUT2D eigenvalue weighted by molar-refractivity contribution is -0.00754. The molecule has 2 aliphatic rings. The van der Waals surface area contributed by atoms with E-state index in [1.54, 1.807) is 11.8 Å². The van der Waals surface area contributed by atoms with E-state index in [9.17, 15) is 9.90 Å². The molecular formula is C25H28N4O3. The molecule has 2 aliphatic heterocycles. The molecule has 1 aromatic heterocycles. The smallest absolute Gasteiger partial charge is 0.260 e. The SMILES string of the molecule is CC(O)(CN1Cc2ccccc2C1=O)c1nc(-c2cccc(CN3CCCCC3)c2)no1. The Balaban J connectivity index is 1.30. The molecule has 1 N–H and O–H groups in total. The van der Waals surface area contributed by atoms with Crippen LogP contribution in [0.4, 0.5) is 0 Å². The number of piperidine rings is 1. The highest BCUT2D eigenvalue weighted by atomic mass is 16.5. The van der Waals surface area contributed by atoms with Gasteiger partial charge in [0.25, 0.3) is 11.8 Å². The Bertz CT molecular complexity index is 1120. The molecule has 166 valence electrons. The number of fused-ring (bicyclic) bond motifs is 1. The van der Waals surface area contributed by atoms with Gasteiger partial charge in [0.15, 0.2) is 5.60 Å². The predicted molar refractivity (Wildman–Crippen MR) is 120 cm³/mol. The lowest BCUT2D eigenvalue weighted by Crippen LogP contribution is -2.39. The van der Waals surface area contributed by atoms with Crippen molar-refractivity contribution in [1.82, 2.24) is 19.9 Å². The minimum Gasteiger partial charge on any atom is -0.378 e. The van der Waals surface area contributed by atoms with Gasteiger partial charge in [-0.25, -0.2) is 0 Å². The van der Waals surface area contributed by atoms with Crippen molar-refractivity contribution in [2.24, 2.45) is 0 Å². The van der Waals surface area contributed by atoms with E-state index in [1.807, 2.05) is 36.4 Å². The lowest BCUT2D eigenvalue weighted by atomic mass is 10.1. The van der Waals surface area contributed by atoms with Gasteiger partial charge in [-0.1, -0.05) is 48.0 Å². The van der Waals surface area contributed by atoms with E-state index < -0.39 is 5.60 Å². The van der Waals surface area contributed by atoms with Crippen molar-refractivity contribution < 1.29 is 14.4 Å². The second kappa shape index (κ2) is 8.48. The van der Waals surface area contributed by atoms with Crippen molar-refractivity contribution in [3.05, 3.63) is 71.1 Å². The number of aromatic nitrogens is 2. The normalized spacial score (nSPS) is 18.6. The fourth-order valence-electron chi connectivity index (χ4n) is 4.63. The first-order valence-corrected chi connectivity index (χ1v) is 11.2. The summed E-state index contributed by atoms with van der Waals surface area (Å²) in [5.41, 5.74) is 2.26. The molecule has 0 bridgehead atoms. The van der Waals surface area contributed by atoms with Gasteiger partial charge in [-0.3, -0.25) is 9.69 Å². The van der Waals surface area contributed by atoms with E-state index in [0.29, 0.717) is 17.9 Å². The monoisotopic (exact) mass is 432 g/mol. The Labute approximate surface area is 187 Å². The Hall–Kier alpha value is -3.03. The van der Waals surface area contributed by atoms with E-state index >= 15 is 0 Å². The zero-order valence-electron chi connectivity index (χ0n) is 18.3. The Kier molecular flexibility index (Phi) is 5.53. The molecule has 2 aromatic carbocycles. The first-order chi connectivity index (χ1) is 15.5. The van der Waals surface area contributed by atoms with Crippen LogP contribution in [0.25, 0.3) is 11.4 Å². The van der Waals surface area contributed by atoms with Gasteiger partial charge < -0.3 is 14.5 Å². The molecule has 0 saturated carbocycles. The summed E-state index contributed by atoms with van der Waals surface area (Å²) < 4.78 is 5.44. The number of likely N-dealkylation sites (tertiary alicyclic amines) is 1. The molecule has 1 atom stereocenters. The average Bonchev–Trinajstić information content (AvgIpc) is 3.41. The largest absolute Gasteiger partial charge is 0.378 e. The standard InChI is InChI=1S/C25H28N4O3/c1-25(31,17-29-16-20-9-3-4-11-21(20)23(29)30)24-26-22(27-32-24)19-10-7-8-18(14-19)15-28-12-5-2-6-13-28/h3-4,7-11,14,31H,2,5-6,12-13,15-17H2,1H3. The zero-order chi connectivity index (χ0) is 22.1. The average molecular weight is 433 g/mol. The number of benzene rings is 2. The Morgan fingerprint density at radius 1 is 1.09 bits per heavy atom. The molecule has 5 rings (SSSR count). The summed E-state index contributed by atoms with van der Waals surface area (Å²) in [6, 6.07) is 15.7. The van der Waals surface area contributed by atoms with E-state index in [4.69, 9.17) is 4.52 Å². The maximum absolute atomic E-state index is 12.7.